The quantitative estimate of drug-likeness (QED) is 0.314. The molecular weight excluding hydrogens is 396 g/mol. The van der Waals surface area contributed by atoms with Gasteiger partial charge in [-0.05, 0) is 72.8 Å². The van der Waals surface area contributed by atoms with Crippen molar-refractivity contribution in [1.29, 1.82) is 0 Å². The number of benzene rings is 4. The van der Waals surface area contributed by atoms with E-state index in [9.17, 15) is 0 Å². The van der Waals surface area contributed by atoms with Crippen molar-refractivity contribution in [3.8, 4) is 11.5 Å². The molecule has 4 heteroatoms. The van der Waals surface area contributed by atoms with Gasteiger partial charge in [0.25, 0.3) is 0 Å². The summed E-state index contributed by atoms with van der Waals surface area (Å²) >= 11 is 0. The summed E-state index contributed by atoms with van der Waals surface area (Å²) in [7, 11) is 3.32. The third-order valence-electron chi connectivity index (χ3n) is 4.95. The van der Waals surface area contributed by atoms with Crippen LogP contribution in [0.1, 0.15) is 11.1 Å². The van der Waals surface area contributed by atoms with Gasteiger partial charge in [0.05, 0.1) is 37.0 Å². The van der Waals surface area contributed by atoms with Crippen LogP contribution < -0.4 is 9.47 Å². The topological polar surface area (TPSA) is 43.2 Å². The van der Waals surface area contributed by atoms with E-state index in [1.165, 1.54) is 0 Å². The molecule has 0 spiro atoms. The van der Waals surface area contributed by atoms with Crippen LogP contribution in [0.4, 0.5) is 11.4 Å². The summed E-state index contributed by atoms with van der Waals surface area (Å²) in [5.74, 6) is 1.58. The first-order chi connectivity index (χ1) is 15.8. The van der Waals surface area contributed by atoms with Crippen molar-refractivity contribution in [2.24, 2.45) is 9.98 Å². The molecule has 0 saturated heterocycles. The summed E-state index contributed by atoms with van der Waals surface area (Å²) < 4.78 is 10.7. The highest BCUT2D eigenvalue weighted by Crippen LogP contribution is 2.23. The first-order valence-electron chi connectivity index (χ1n) is 10.3. The smallest absolute Gasteiger partial charge is 0.118 e. The minimum atomic E-state index is 0.771. The normalized spacial score (nSPS) is 11.8. The number of para-hydroxylation sites is 2. The van der Waals surface area contributed by atoms with Gasteiger partial charge in [0.15, 0.2) is 0 Å². The molecule has 32 heavy (non-hydrogen) atoms. The maximum Gasteiger partial charge on any atom is 0.118 e. The van der Waals surface area contributed by atoms with Crippen LogP contribution in [0.15, 0.2) is 119 Å². The lowest BCUT2D eigenvalue weighted by Gasteiger charge is -2.13. The van der Waals surface area contributed by atoms with Crippen molar-refractivity contribution in [1.82, 2.24) is 0 Å². The fraction of sp³-hybridized carbons (Fsp3) is 0.0714. The van der Waals surface area contributed by atoms with E-state index >= 15 is 0 Å². The maximum atomic E-state index is 5.35. The molecule has 0 saturated carbocycles. The van der Waals surface area contributed by atoms with E-state index in [1.807, 2.05) is 109 Å². The van der Waals surface area contributed by atoms with Crippen molar-refractivity contribution in [2.45, 2.75) is 0 Å². The number of aliphatic imine (C=N–C) groups is 2. The van der Waals surface area contributed by atoms with Gasteiger partial charge < -0.3 is 9.47 Å². The van der Waals surface area contributed by atoms with Crippen LogP contribution in [-0.2, 0) is 0 Å². The van der Waals surface area contributed by atoms with Crippen LogP contribution in [0.3, 0.4) is 0 Å². The van der Waals surface area contributed by atoms with Crippen molar-refractivity contribution < 1.29 is 9.47 Å². The van der Waals surface area contributed by atoms with E-state index < -0.39 is 0 Å². The Hall–Kier alpha value is -4.18. The Morgan fingerprint density at radius 2 is 0.812 bits per heavy atom. The van der Waals surface area contributed by atoms with Crippen LogP contribution in [0.25, 0.3) is 0 Å². The molecule has 0 atom stereocenters. The highest BCUT2D eigenvalue weighted by atomic mass is 16.5. The van der Waals surface area contributed by atoms with E-state index in [0.29, 0.717) is 0 Å². The lowest BCUT2D eigenvalue weighted by atomic mass is 9.98. The molecule has 0 aliphatic carbocycles. The van der Waals surface area contributed by atoms with Gasteiger partial charge in [-0.15, -0.1) is 0 Å². The number of hydrogen-bond acceptors (Lipinski definition) is 4. The van der Waals surface area contributed by atoms with Gasteiger partial charge in [-0.2, -0.15) is 0 Å². The lowest BCUT2D eigenvalue weighted by Crippen LogP contribution is -2.17. The predicted octanol–water partition coefficient (Wildman–Crippen LogP) is 6.65. The zero-order valence-corrected chi connectivity index (χ0v) is 18.1. The minimum absolute atomic E-state index is 0.771. The molecule has 0 unspecified atom stereocenters. The molecule has 0 radical (unpaired) electrons. The monoisotopic (exact) mass is 420 g/mol. The van der Waals surface area contributed by atoms with E-state index in [2.05, 4.69) is 0 Å². The van der Waals surface area contributed by atoms with Gasteiger partial charge in [0.2, 0.25) is 0 Å². The van der Waals surface area contributed by atoms with Gasteiger partial charge in [-0.25, -0.2) is 9.98 Å². The first kappa shape index (κ1) is 21.1. The number of methoxy groups -OCH3 is 2. The fourth-order valence-electron chi connectivity index (χ4n) is 3.27. The largest absolute Gasteiger partial charge is 0.497 e. The van der Waals surface area contributed by atoms with Crippen molar-refractivity contribution in [3.63, 3.8) is 0 Å². The van der Waals surface area contributed by atoms with Crippen LogP contribution in [0.5, 0.6) is 11.5 Å². The average molecular weight is 421 g/mol. The van der Waals surface area contributed by atoms with E-state index in [1.54, 1.807) is 14.2 Å². The predicted molar refractivity (Wildman–Crippen MR) is 131 cm³/mol. The molecule has 4 rings (SSSR count). The molecule has 0 aliphatic rings. The highest BCUT2D eigenvalue weighted by molar-refractivity contribution is 6.54. The lowest BCUT2D eigenvalue weighted by molar-refractivity contribution is 0.414. The Morgan fingerprint density at radius 1 is 0.469 bits per heavy atom. The molecule has 0 amide bonds. The molecule has 0 aliphatic heterocycles. The second-order valence-electron chi connectivity index (χ2n) is 7.05. The third-order valence-corrected chi connectivity index (χ3v) is 4.95. The second-order valence-corrected chi connectivity index (χ2v) is 7.05. The molecule has 4 aromatic carbocycles. The van der Waals surface area contributed by atoms with Gasteiger partial charge in [-0.1, -0.05) is 36.4 Å². The number of hydrogen-bond donors (Lipinski definition) is 0. The summed E-state index contributed by atoms with van der Waals surface area (Å²) in [6.45, 7) is 0. The summed E-state index contributed by atoms with van der Waals surface area (Å²) in [5.41, 5.74) is 5.14. The van der Waals surface area contributed by atoms with E-state index in [-0.39, 0.29) is 0 Å². The zero-order valence-electron chi connectivity index (χ0n) is 18.1. The average Bonchev–Trinajstić information content (AvgIpc) is 2.87. The number of nitrogens with zero attached hydrogens (tertiary/aromatic N) is 2. The Balaban J connectivity index is 1.92. The molecule has 0 N–H and O–H groups in total. The zero-order chi connectivity index (χ0) is 22.2. The van der Waals surface area contributed by atoms with Gasteiger partial charge >= 0.3 is 0 Å². The molecule has 0 fully saturated rings. The van der Waals surface area contributed by atoms with E-state index in [4.69, 9.17) is 19.5 Å². The molecule has 0 heterocycles. The molecule has 158 valence electrons. The Morgan fingerprint density at radius 3 is 1.12 bits per heavy atom. The summed E-state index contributed by atoms with van der Waals surface area (Å²) in [6.07, 6.45) is 0. The SMILES string of the molecule is COc1ccc(C(=Nc2ccccc2)C(=Nc2ccccc2)c2ccc(OC)cc2)cc1. The Bertz CT molecular complexity index is 1100. The van der Waals surface area contributed by atoms with Gasteiger partial charge in [-0.3, -0.25) is 0 Å². The fourth-order valence-corrected chi connectivity index (χ4v) is 3.27. The van der Waals surface area contributed by atoms with Crippen molar-refractivity contribution in [2.75, 3.05) is 14.2 Å². The van der Waals surface area contributed by atoms with Gasteiger partial charge in [0, 0.05) is 11.1 Å². The van der Waals surface area contributed by atoms with Crippen LogP contribution in [0, 0.1) is 0 Å². The number of rotatable bonds is 7. The molecule has 0 bridgehead atoms. The van der Waals surface area contributed by atoms with E-state index in [0.717, 1.165) is 45.4 Å². The molecular formula is C28H24N2O2. The molecule has 0 aromatic heterocycles. The maximum absolute atomic E-state index is 5.35. The summed E-state index contributed by atoms with van der Waals surface area (Å²) in [5, 5.41) is 0. The third kappa shape index (κ3) is 5.10. The highest BCUT2D eigenvalue weighted by Gasteiger charge is 2.16. The molecule has 4 aromatic rings. The van der Waals surface area contributed by atoms with Crippen LogP contribution in [-0.4, -0.2) is 25.6 Å². The van der Waals surface area contributed by atoms with Crippen molar-refractivity contribution in [3.05, 3.63) is 120 Å². The Labute approximate surface area is 188 Å². The summed E-state index contributed by atoms with van der Waals surface area (Å²) in [4.78, 5) is 10.0. The van der Waals surface area contributed by atoms with Crippen molar-refractivity contribution >= 4 is 22.8 Å². The van der Waals surface area contributed by atoms with Crippen LogP contribution >= 0.6 is 0 Å². The first-order valence-corrected chi connectivity index (χ1v) is 10.3. The Kier molecular flexibility index (Phi) is 6.73. The minimum Gasteiger partial charge on any atom is -0.497 e. The van der Waals surface area contributed by atoms with Crippen LogP contribution in [0.2, 0.25) is 0 Å². The standard InChI is InChI=1S/C28H24N2O2/c1-31-25-17-13-21(14-18-25)27(29-23-9-5-3-6-10-23)28(30-24-11-7-4-8-12-24)22-15-19-26(32-2)20-16-22/h3-20H,1-2H3. The second kappa shape index (κ2) is 10.2. The number of ether oxygens (including phenoxy) is 2. The molecule has 4 nitrogen and oxygen atoms in total. The summed E-state index contributed by atoms with van der Waals surface area (Å²) in [6, 6.07) is 35.6. The van der Waals surface area contributed by atoms with Gasteiger partial charge in [0.1, 0.15) is 11.5 Å².